The third-order valence-electron chi connectivity index (χ3n) is 8.56. The molecule has 3 saturated heterocycles. The van der Waals surface area contributed by atoms with E-state index in [1.807, 2.05) is 11.8 Å². The number of rotatable bonds is 33. The van der Waals surface area contributed by atoms with Gasteiger partial charge in [0.15, 0.2) is 0 Å². The van der Waals surface area contributed by atoms with Gasteiger partial charge in [-0.05, 0) is 25.7 Å². The molecule has 3 rings (SSSR count). The number of carbonyl (C=O) groups is 6. The Balaban J connectivity index is 0.942. The van der Waals surface area contributed by atoms with Crippen LogP contribution >= 0.6 is 11.8 Å². The van der Waals surface area contributed by atoms with E-state index < -0.39 is 17.8 Å². The van der Waals surface area contributed by atoms with E-state index in [9.17, 15) is 28.8 Å². The van der Waals surface area contributed by atoms with Gasteiger partial charge in [-0.25, -0.2) is 9.59 Å². The lowest BCUT2D eigenvalue weighted by molar-refractivity contribution is -0.198. The first-order valence-electron chi connectivity index (χ1n) is 19.1. The first kappa shape index (κ1) is 45.3. The van der Waals surface area contributed by atoms with Crippen molar-refractivity contribution in [2.75, 3.05) is 98.1 Å². The number of amides is 6. The van der Waals surface area contributed by atoms with Gasteiger partial charge in [-0.2, -0.15) is 11.8 Å². The maximum atomic E-state index is 12.1. The van der Waals surface area contributed by atoms with Gasteiger partial charge in [0, 0.05) is 49.8 Å². The highest BCUT2D eigenvalue weighted by molar-refractivity contribution is 8.00. The van der Waals surface area contributed by atoms with E-state index in [4.69, 9.17) is 33.3 Å². The van der Waals surface area contributed by atoms with Crippen molar-refractivity contribution in [2.24, 2.45) is 0 Å². The number of unbranched alkanes of at least 4 members (excludes halogenated alkanes) is 3. The minimum atomic E-state index is -0.706. The monoisotopic (exact) mass is 789 g/mol. The van der Waals surface area contributed by atoms with Gasteiger partial charge in [-0.1, -0.05) is 12.8 Å². The molecule has 0 spiro atoms. The Kier molecular flexibility index (Phi) is 23.8. The number of hydrogen-bond donors (Lipinski definition) is 4. The van der Waals surface area contributed by atoms with Crippen LogP contribution in [0.5, 0.6) is 0 Å². The number of urea groups is 1. The molecule has 4 N–H and O–H groups in total. The van der Waals surface area contributed by atoms with Gasteiger partial charge in [-0.3, -0.25) is 19.2 Å². The largest absolute Gasteiger partial charge is 0.378 e. The van der Waals surface area contributed by atoms with Gasteiger partial charge >= 0.3 is 12.0 Å². The molecule has 54 heavy (non-hydrogen) atoms. The fraction of sp³-hybridized carbons (Fsp3) is 0.829. The van der Waals surface area contributed by atoms with Crippen LogP contribution in [0.1, 0.15) is 70.6 Å². The van der Waals surface area contributed by atoms with Crippen LogP contribution in [0.2, 0.25) is 0 Å². The SMILES string of the molecule is O=C(CCCC[C@@H]1SC[C@@H]2NC(=O)N[C@@H]21)NCCCCCC(=O)NCCOCCOCCOCCOCCOCCOCCC(=O)ON1C(=O)CCC1=O. The summed E-state index contributed by atoms with van der Waals surface area (Å²) in [5.74, 6) is -0.727. The fourth-order valence-corrected chi connectivity index (χ4v) is 7.23. The highest BCUT2D eigenvalue weighted by Crippen LogP contribution is 2.33. The van der Waals surface area contributed by atoms with Crippen LogP contribution in [0.15, 0.2) is 0 Å². The Labute approximate surface area is 321 Å². The van der Waals surface area contributed by atoms with Crippen molar-refractivity contribution in [2.45, 2.75) is 88.0 Å². The van der Waals surface area contributed by atoms with E-state index in [1.165, 1.54) is 0 Å². The molecule has 0 unspecified atom stereocenters. The van der Waals surface area contributed by atoms with E-state index in [-0.39, 0.29) is 62.4 Å². The maximum absolute atomic E-state index is 12.1. The number of imide groups is 1. The summed E-state index contributed by atoms with van der Waals surface area (Å²) in [5.41, 5.74) is 0. The van der Waals surface area contributed by atoms with Gasteiger partial charge in [0.2, 0.25) is 11.8 Å². The molecule has 3 atom stereocenters. The Hall–Kier alpha value is -3.07. The molecule has 0 aromatic heterocycles. The quantitative estimate of drug-likeness (QED) is 0.0407. The maximum Gasteiger partial charge on any atom is 0.335 e. The number of nitrogens with one attached hydrogen (secondary N) is 4. The molecule has 308 valence electrons. The zero-order chi connectivity index (χ0) is 38.6. The summed E-state index contributed by atoms with van der Waals surface area (Å²) in [7, 11) is 0. The van der Waals surface area contributed by atoms with Crippen LogP contribution in [-0.4, -0.2) is 156 Å². The lowest BCUT2D eigenvalue weighted by atomic mass is 10.0. The second kappa shape index (κ2) is 28.4. The summed E-state index contributed by atoms with van der Waals surface area (Å²) in [6.07, 6.45) is 6.28. The molecule has 3 fully saturated rings. The molecule has 0 aromatic carbocycles. The summed E-state index contributed by atoms with van der Waals surface area (Å²) in [6.45, 7) is 5.48. The topological polar surface area (TPSA) is 218 Å². The Morgan fingerprint density at radius 1 is 0.611 bits per heavy atom. The molecule has 0 bridgehead atoms. The standard InChI is InChI=1S/C35H59N5O13S/c41-29(8-4-3-6-28-34-27(26-54-28)38-35(46)39-34)36-12-5-1-2-7-30(42)37-13-15-48-17-19-50-21-23-52-25-24-51-22-20-49-18-16-47-14-11-33(45)53-40-31(43)9-10-32(40)44/h27-28,34H,1-26H2,(H,36,41)(H,37,42)(H2,38,39,46)/t27-,28-,34-/m0/s1. The van der Waals surface area contributed by atoms with E-state index in [0.29, 0.717) is 102 Å². The summed E-state index contributed by atoms with van der Waals surface area (Å²) in [5, 5.41) is 12.7. The summed E-state index contributed by atoms with van der Waals surface area (Å²) in [4.78, 5) is 74.8. The van der Waals surface area contributed by atoms with Crippen LogP contribution in [0.25, 0.3) is 0 Å². The fourth-order valence-electron chi connectivity index (χ4n) is 5.69. The molecule has 0 radical (unpaired) electrons. The van der Waals surface area contributed by atoms with Gasteiger partial charge in [0.1, 0.15) is 0 Å². The van der Waals surface area contributed by atoms with Gasteiger partial charge < -0.3 is 54.5 Å². The summed E-state index contributed by atoms with van der Waals surface area (Å²) < 4.78 is 32.5. The molecule has 19 heteroatoms. The Morgan fingerprint density at radius 2 is 1.13 bits per heavy atom. The highest BCUT2D eigenvalue weighted by atomic mass is 32.2. The molecule has 18 nitrogen and oxygen atoms in total. The molecule has 0 saturated carbocycles. The Bertz CT molecular complexity index is 1140. The minimum Gasteiger partial charge on any atom is -0.378 e. The zero-order valence-electron chi connectivity index (χ0n) is 31.3. The van der Waals surface area contributed by atoms with Crippen molar-refractivity contribution in [1.82, 2.24) is 26.3 Å². The Morgan fingerprint density at radius 3 is 1.72 bits per heavy atom. The molecule has 0 aliphatic carbocycles. The predicted molar refractivity (Wildman–Crippen MR) is 195 cm³/mol. The van der Waals surface area contributed by atoms with E-state index in [2.05, 4.69) is 21.3 Å². The van der Waals surface area contributed by atoms with Crippen molar-refractivity contribution < 1.29 is 62.0 Å². The smallest absolute Gasteiger partial charge is 0.335 e. The van der Waals surface area contributed by atoms with Gasteiger partial charge in [0.05, 0.1) is 97.8 Å². The molecule has 0 aromatic rings. The molecular formula is C35H59N5O13S. The van der Waals surface area contributed by atoms with E-state index >= 15 is 0 Å². The lowest BCUT2D eigenvalue weighted by Crippen LogP contribution is -2.36. The van der Waals surface area contributed by atoms with Crippen LogP contribution in [0.4, 0.5) is 4.79 Å². The number of carbonyl (C=O) groups excluding carboxylic acids is 6. The molecule has 6 amide bonds. The molecule has 3 heterocycles. The van der Waals surface area contributed by atoms with Gasteiger partial charge in [0.25, 0.3) is 11.8 Å². The molecule has 3 aliphatic rings. The van der Waals surface area contributed by atoms with Crippen LogP contribution < -0.4 is 21.3 Å². The molecular weight excluding hydrogens is 730 g/mol. The van der Waals surface area contributed by atoms with Crippen molar-refractivity contribution in [3.05, 3.63) is 0 Å². The van der Waals surface area contributed by atoms with Crippen molar-refractivity contribution >= 4 is 47.4 Å². The number of hydrogen-bond acceptors (Lipinski definition) is 14. The van der Waals surface area contributed by atoms with E-state index in [1.54, 1.807) is 0 Å². The third kappa shape index (κ3) is 20.0. The second-order valence-electron chi connectivity index (χ2n) is 12.8. The predicted octanol–water partition coefficient (Wildman–Crippen LogP) is 0.602. The molecule has 3 aliphatic heterocycles. The average Bonchev–Trinajstić information content (AvgIpc) is 3.81. The highest BCUT2D eigenvalue weighted by Gasteiger charge is 2.42. The third-order valence-corrected chi connectivity index (χ3v) is 10.1. The van der Waals surface area contributed by atoms with Crippen LogP contribution in [0.3, 0.4) is 0 Å². The number of thioether (sulfide) groups is 1. The normalized spacial score (nSPS) is 19.1. The number of nitrogens with zero attached hydrogens (tertiary/aromatic N) is 1. The number of ether oxygens (including phenoxy) is 6. The van der Waals surface area contributed by atoms with Crippen LogP contribution in [-0.2, 0) is 57.2 Å². The minimum absolute atomic E-state index is 0.00870. The zero-order valence-corrected chi connectivity index (χ0v) is 32.1. The lowest BCUT2D eigenvalue weighted by Gasteiger charge is -2.16. The average molecular weight is 790 g/mol. The number of hydroxylamine groups is 2. The van der Waals surface area contributed by atoms with Crippen LogP contribution in [0, 0.1) is 0 Å². The van der Waals surface area contributed by atoms with E-state index in [0.717, 1.165) is 44.3 Å². The number of fused-ring (bicyclic) bond motifs is 1. The second-order valence-corrected chi connectivity index (χ2v) is 14.1. The van der Waals surface area contributed by atoms with Crippen molar-refractivity contribution in [3.8, 4) is 0 Å². The first-order valence-corrected chi connectivity index (χ1v) is 20.1. The van der Waals surface area contributed by atoms with Crippen molar-refractivity contribution in [3.63, 3.8) is 0 Å². The van der Waals surface area contributed by atoms with Gasteiger partial charge in [-0.15, -0.1) is 5.06 Å². The summed E-state index contributed by atoms with van der Waals surface area (Å²) >= 11 is 1.90. The first-order chi connectivity index (χ1) is 26.3. The summed E-state index contributed by atoms with van der Waals surface area (Å²) in [6, 6.07) is 0.380. The van der Waals surface area contributed by atoms with Crippen molar-refractivity contribution in [1.29, 1.82) is 0 Å².